The number of hydrogen-bond donors (Lipinski definition) is 1. The molecule has 3 heterocycles. The maximum absolute atomic E-state index is 12.5. The van der Waals surface area contributed by atoms with Gasteiger partial charge >= 0.3 is 0 Å². The van der Waals surface area contributed by atoms with Crippen molar-refractivity contribution in [2.45, 2.75) is 20.4 Å². The normalized spacial score (nSPS) is 10.9. The van der Waals surface area contributed by atoms with Gasteiger partial charge in [-0.3, -0.25) is 4.79 Å². The fourth-order valence-electron chi connectivity index (χ4n) is 2.63. The first-order valence-corrected chi connectivity index (χ1v) is 9.18. The van der Waals surface area contributed by atoms with Gasteiger partial charge in [0, 0.05) is 6.54 Å². The largest absolute Gasteiger partial charge is 0.459 e. The highest BCUT2D eigenvalue weighted by Crippen LogP contribution is 2.29. The molecule has 0 atom stereocenters. The van der Waals surface area contributed by atoms with E-state index < -0.39 is 0 Å². The Morgan fingerprint density at radius 1 is 1.19 bits per heavy atom. The van der Waals surface area contributed by atoms with E-state index in [1.165, 1.54) is 17.7 Å². The van der Waals surface area contributed by atoms with Crippen LogP contribution in [-0.2, 0) is 6.54 Å². The zero-order valence-electron chi connectivity index (χ0n) is 14.8. The quantitative estimate of drug-likeness (QED) is 0.573. The van der Waals surface area contributed by atoms with Crippen LogP contribution in [0.3, 0.4) is 0 Å². The van der Waals surface area contributed by atoms with E-state index in [9.17, 15) is 4.79 Å². The van der Waals surface area contributed by atoms with Crippen molar-refractivity contribution in [1.29, 1.82) is 0 Å². The van der Waals surface area contributed by atoms with Crippen molar-refractivity contribution in [1.82, 2.24) is 25.1 Å². The third kappa shape index (κ3) is 3.65. The summed E-state index contributed by atoms with van der Waals surface area (Å²) in [7, 11) is 0. The number of hydrogen-bond acceptors (Lipinski definition) is 6. The Bertz CT molecular complexity index is 1060. The van der Waals surface area contributed by atoms with E-state index in [0.717, 1.165) is 17.0 Å². The molecule has 4 rings (SSSR count). The maximum atomic E-state index is 12.5. The Morgan fingerprint density at radius 2 is 2.00 bits per heavy atom. The highest BCUT2D eigenvalue weighted by Gasteiger charge is 2.17. The van der Waals surface area contributed by atoms with Gasteiger partial charge in [0.2, 0.25) is 0 Å². The van der Waals surface area contributed by atoms with Crippen LogP contribution in [0.15, 0.2) is 53.5 Å². The van der Waals surface area contributed by atoms with Gasteiger partial charge < -0.3 is 9.73 Å². The van der Waals surface area contributed by atoms with Crippen molar-refractivity contribution in [3.8, 4) is 16.5 Å². The third-order valence-electron chi connectivity index (χ3n) is 4.03. The van der Waals surface area contributed by atoms with Crippen molar-refractivity contribution in [2.24, 2.45) is 0 Å². The lowest BCUT2D eigenvalue weighted by Crippen LogP contribution is -2.22. The molecule has 1 amide bonds. The highest BCUT2D eigenvalue weighted by molar-refractivity contribution is 7.17. The predicted molar refractivity (Wildman–Crippen MR) is 102 cm³/mol. The Kier molecular flexibility index (Phi) is 4.55. The summed E-state index contributed by atoms with van der Waals surface area (Å²) < 4.78 is 7.27. The molecule has 7 nitrogen and oxygen atoms in total. The number of rotatable bonds is 5. The smallest absolute Gasteiger partial charge is 0.263 e. The number of nitrogens with zero attached hydrogens (tertiary/aromatic N) is 4. The lowest BCUT2D eigenvalue weighted by Gasteiger charge is -2.06. The minimum absolute atomic E-state index is 0.139. The fraction of sp³-hybridized carbons (Fsp3) is 0.158. The summed E-state index contributed by atoms with van der Waals surface area (Å²) >= 11 is 1.33. The van der Waals surface area contributed by atoms with E-state index >= 15 is 0 Å². The van der Waals surface area contributed by atoms with Crippen molar-refractivity contribution in [3.05, 3.63) is 70.9 Å². The van der Waals surface area contributed by atoms with Crippen molar-refractivity contribution >= 4 is 17.2 Å². The van der Waals surface area contributed by atoms with Gasteiger partial charge in [-0.25, -0.2) is 14.6 Å². The van der Waals surface area contributed by atoms with Crippen molar-refractivity contribution < 1.29 is 9.21 Å². The lowest BCUT2D eigenvalue weighted by molar-refractivity contribution is 0.0954. The number of thiazole rings is 1. The van der Waals surface area contributed by atoms with E-state index in [0.29, 0.717) is 27.9 Å². The molecule has 0 saturated carbocycles. The van der Waals surface area contributed by atoms with Crippen LogP contribution >= 0.6 is 11.3 Å². The van der Waals surface area contributed by atoms with E-state index in [4.69, 9.17) is 4.42 Å². The number of benzene rings is 1. The second-order valence-corrected chi connectivity index (χ2v) is 7.03. The Labute approximate surface area is 159 Å². The SMILES string of the molecule is Cc1ccc(-c2nc(C)c(C(=O)NCc3ccc(-n4cncn4)cc3)s2)o1. The second kappa shape index (κ2) is 7.16. The van der Waals surface area contributed by atoms with Crippen LogP contribution < -0.4 is 5.32 Å². The summed E-state index contributed by atoms with van der Waals surface area (Å²) in [6.45, 7) is 4.15. The molecular formula is C19H17N5O2S. The molecule has 0 radical (unpaired) electrons. The summed E-state index contributed by atoms with van der Waals surface area (Å²) in [5, 5.41) is 7.75. The van der Waals surface area contributed by atoms with Crippen molar-refractivity contribution in [2.75, 3.05) is 0 Å². The molecule has 0 spiro atoms. The van der Waals surface area contributed by atoms with Gasteiger partial charge in [0.25, 0.3) is 5.91 Å². The molecule has 1 aromatic carbocycles. The van der Waals surface area contributed by atoms with Gasteiger partial charge in [-0.15, -0.1) is 11.3 Å². The van der Waals surface area contributed by atoms with E-state index in [-0.39, 0.29) is 5.91 Å². The molecule has 0 saturated heterocycles. The molecule has 3 aromatic heterocycles. The summed E-state index contributed by atoms with van der Waals surface area (Å²) in [6, 6.07) is 11.5. The van der Waals surface area contributed by atoms with Gasteiger partial charge in [0.05, 0.1) is 11.4 Å². The van der Waals surface area contributed by atoms with Crippen LogP contribution in [0.2, 0.25) is 0 Å². The van der Waals surface area contributed by atoms with Crippen molar-refractivity contribution in [3.63, 3.8) is 0 Å². The summed E-state index contributed by atoms with van der Waals surface area (Å²) in [5.41, 5.74) is 2.61. The molecule has 8 heteroatoms. The fourth-order valence-corrected chi connectivity index (χ4v) is 3.58. The molecule has 0 aliphatic heterocycles. The summed E-state index contributed by atoms with van der Waals surface area (Å²) in [4.78, 5) is 21.5. The minimum atomic E-state index is -0.139. The Balaban J connectivity index is 1.43. The van der Waals surface area contributed by atoms with Crippen LogP contribution in [0.5, 0.6) is 0 Å². The van der Waals surface area contributed by atoms with E-state index in [1.54, 1.807) is 11.0 Å². The molecule has 0 fully saturated rings. The topological polar surface area (TPSA) is 85.8 Å². The zero-order valence-corrected chi connectivity index (χ0v) is 15.7. The standard InChI is InChI=1S/C19H17N5O2S/c1-12-3-8-16(26-12)19-23-13(2)17(27-19)18(25)21-9-14-4-6-15(7-5-14)24-11-20-10-22-24/h3-8,10-11H,9H2,1-2H3,(H,21,25). The van der Waals surface area contributed by atoms with E-state index in [1.807, 2.05) is 50.2 Å². The number of carbonyl (C=O) groups is 1. The van der Waals surface area contributed by atoms with Gasteiger partial charge in [0.1, 0.15) is 23.3 Å². The van der Waals surface area contributed by atoms with Gasteiger partial charge in [-0.2, -0.15) is 5.10 Å². The first kappa shape index (κ1) is 17.2. The number of amides is 1. The number of nitrogens with one attached hydrogen (secondary N) is 1. The second-order valence-electron chi connectivity index (χ2n) is 6.03. The molecule has 0 aliphatic carbocycles. The number of furan rings is 1. The van der Waals surface area contributed by atoms with Gasteiger partial charge in [-0.05, 0) is 43.7 Å². The third-order valence-corrected chi connectivity index (χ3v) is 5.20. The number of aromatic nitrogens is 4. The zero-order chi connectivity index (χ0) is 18.8. The van der Waals surface area contributed by atoms with Gasteiger partial charge in [-0.1, -0.05) is 12.1 Å². The van der Waals surface area contributed by atoms with Crippen LogP contribution in [-0.4, -0.2) is 25.7 Å². The first-order valence-electron chi connectivity index (χ1n) is 8.36. The average molecular weight is 379 g/mol. The van der Waals surface area contributed by atoms with Crippen LogP contribution in [0.1, 0.15) is 26.7 Å². The first-order chi connectivity index (χ1) is 13.1. The van der Waals surface area contributed by atoms with E-state index in [2.05, 4.69) is 20.4 Å². The van der Waals surface area contributed by atoms with Crippen LogP contribution in [0, 0.1) is 13.8 Å². The molecule has 0 bridgehead atoms. The molecular weight excluding hydrogens is 362 g/mol. The Morgan fingerprint density at radius 3 is 2.67 bits per heavy atom. The summed E-state index contributed by atoms with van der Waals surface area (Å²) in [6.07, 6.45) is 3.13. The minimum Gasteiger partial charge on any atom is -0.459 e. The molecule has 0 aliphatic rings. The summed E-state index contributed by atoms with van der Waals surface area (Å²) in [5.74, 6) is 1.36. The monoisotopic (exact) mass is 379 g/mol. The molecule has 136 valence electrons. The average Bonchev–Trinajstić information content (AvgIpc) is 3.41. The maximum Gasteiger partial charge on any atom is 0.263 e. The van der Waals surface area contributed by atoms with Crippen LogP contribution in [0.25, 0.3) is 16.5 Å². The predicted octanol–water partition coefficient (Wildman–Crippen LogP) is 3.53. The Hall–Kier alpha value is -3.26. The molecule has 0 unspecified atom stereocenters. The molecule has 27 heavy (non-hydrogen) atoms. The number of aryl methyl sites for hydroxylation is 2. The number of carbonyl (C=O) groups excluding carboxylic acids is 1. The lowest BCUT2D eigenvalue weighted by atomic mass is 10.2. The molecule has 1 N–H and O–H groups in total. The molecule has 4 aromatic rings. The highest BCUT2D eigenvalue weighted by atomic mass is 32.1. The van der Waals surface area contributed by atoms with Gasteiger partial charge in [0.15, 0.2) is 10.8 Å². The van der Waals surface area contributed by atoms with Crippen LogP contribution in [0.4, 0.5) is 0 Å².